The van der Waals surface area contributed by atoms with Crippen LogP contribution in [0.2, 0.25) is 10.0 Å². The molecule has 13 heteroatoms. The van der Waals surface area contributed by atoms with E-state index in [9.17, 15) is 19.5 Å². The summed E-state index contributed by atoms with van der Waals surface area (Å²) in [7, 11) is 1.58. The summed E-state index contributed by atoms with van der Waals surface area (Å²) in [6, 6.07) is 19.0. The van der Waals surface area contributed by atoms with Gasteiger partial charge in [0.05, 0.1) is 28.4 Å². The van der Waals surface area contributed by atoms with Gasteiger partial charge >= 0.3 is 5.97 Å². The number of carbonyl (C=O) groups excluding carboxylic acids is 1. The third-order valence-corrected chi connectivity index (χ3v) is 10.2. The molecule has 7 rings (SSSR count). The van der Waals surface area contributed by atoms with E-state index < -0.39 is 11.5 Å². The molecule has 0 spiro atoms. The first-order valence-electron chi connectivity index (χ1n) is 16.3. The standard InChI is InChI=1S/C37H34Cl2N6O5/c1-50-34-22(17-40-20-24-9-11-31(46)43-24)8-10-29(44-34)28-7-3-6-27(33(28)39)26-5-2-4-25(32(26)38)21-12-15-45-30(16-21)41-18-23(35(45)47)19-42-37(13-14-37)36(48)49/h2-8,10,12,15-16,18,24,40,42H,9,11,13-14,17,19-20H2,1H3,(H,43,46)(H,48,49)/t24-/m1/s1. The average Bonchev–Trinajstić information content (AvgIpc) is 3.81. The Hall–Kier alpha value is -4.81. The number of ether oxygens (including phenoxy) is 1. The molecular formula is C37H34Cl2N6O5. The van der Waals surface area contributed by atoms with Crippen LogP contribution in [0.1, 0.15) is 36.8 Å². The number of halogens is 2. The van der Waals surface area contributed by atoms with Crippen molar-refractivity contribution in [2.45, 2.75) is 50.4 Å². The number of aromatic nitrogens is 3. The van der Waals surface area contributed by atoms with Crippen molar-refractivity contribution in [3.05, 3.63) is 105 Å². The minimum atomic E-state index is -0.955. The van der Waals surface area contributed by atoms with Gasteiger partial charge < -0.3 is 20.5 Å². The first-order chi connectivity index (χ1) is 24.2. The minimum absolute atomic E-state index is 0.0861. The number of carbonyl (C=O) groups is 2. The molecule has 256 valence electrons. The number of benzene rings is 2. The Balaban J connectivity index is 1.13. The summed E-state index contributed by atoms with van der Waals surface area (Å²) in [4.78, 5) is 45.5. The number of nitrogens with zero attached hydrogens (tertiary/aromatic N) is 3. The predicted octanol–water partition coefficient (Wildman–Crippen LogP) is 5.48. The van der Waals surface area contributed by atoms with E-state index in [-0.39, 0.29) is 24.1 Å². The number of nitrogens with one attached hydrogen (secondary N) is 3. The van der Waals surface area contributed by atoms with Crippen molar-refractivity contribution in [2.75, 3.05) is 13.7 Å². The van der Waals surface area contributed by atoms with Crippen LogP contribution in [-0.2, 0) is 22.7 Å². The number of hydrogen-bond acceptors (Lipinski definition) is 8. The smallest absolute Gasteiger partial charge is 0.323 e. The number of carboxylic acids is 1. The van der Waals surface area contributed by atoms with Crippen molar-refractivity contribution in [3.8, 4) is 39.4 Å². The second kappa shape index (κ2) is 13.8. The topological polar surface area (TPSA) is 147 Å². The van der Waals surface area contributed by atoms with Crippen molar-refractivity contribution in [2.24, 2.45) is 0 Å². The third-order valence-electron chi connectivity index (χ3n) is 9.36. The number of amides is 1. The fraction of sp³-hybridized carbons (Fsp3) is 0.270. The largest absolute Gasteiger partial charge is 0.481 e. The molecule has 1 amide bonds. The fourth-order valence-electron chi connectivity index (χ4n) is 6.30. The van der Waals surface area contributed by atoms with Gasteiger partial charge in [0.1, 0.15) is 11.2 Å². The first kappa shape index (κ1) is 33.7. The monoisotopic (exact) mass is 712 g/mol. The molecule has 2 aliphatic rings. The van der Waals surface area contributed by atoms with Crippen LogP contribution in [0.4, 0.5) is 0 Å². The fourth-order valence-corrected chi connectivity index (χ4v) is 6.96. The molecule has 2 aromatic carbocycles. The average molecular weight is 714 g/mol. The Labute approximate surface area is 297 Å². The lowest BCUT2D eigenvalue weighted by molar-refractivity contribution is -0.140. The van der Waals surface area contributed by atoms with Crippen molar-refractivity contribution in [1.29, 1.82) is 0 Å². The second-order valence-electron chi connectivity index (χ2n) is 12.6. The Morgan fingerprint density at radius 2 is 1.72 bits per heavy atom. The van der Waals surface area contributed by atoms with E-state index in [1.807, 2.05) is 48.5 Å². The molecule has 4 heterocycles. The van der Waals surface area contributed by atoms with Crippen molar-refractivity contribution < 1.29 is 19.4 Å². The van der Waals surface area contributed by atoms with E-state index in [2.05, 4.69) is 20.9 Å². The lowest BCUT2D eigenvalue weighted by atomic mass is 9.97. The number of pyridine rings is 2. The van der Waals surface area contributed by atoms with Gasteiger partial charge in [0, 0.05) is 72.3 Å². The summed E-state index contributed by atoms with van der Waals surface area (Å²) in [6.45, 7) is 1.31. The highest BCUT2D eigenvalue weighted by atomic mass is 35.5. The van der Waals surface area contributed by atoms with Crippen LogP contribution >= 0.6 is 23.2 Å². The number of hydrogen-bond donors (Lipinski definition) is 4. The van der Waals surface area contributed by atoms with Gasteiger partial charge in [-0.05, 0) is 43.0 Å². The van der Waals surface area contributed by atoms with Crippen molar-refractivity contribution in [3.63, 3.8) is 0 Å². The number of rotatable bonds is 12. The third kappa shape index (κ3) is 6.57. The highest BCUT2D eigenvalue weighted by Crippen LogP contribution is 2.42. The Morgan fingerprint density at radius 1 is 1.00 bits per heavy atom. The van der Waals surface area contributed by atoms with Crippen LogP contribution in [0, 0.1) is 0 Å². The molecule has 4 N–H and O–H groups in total. The number of aliphatic carboxylic acids is 1. The first-order valence-corrected chi connectivity index (χ1v) is 17.0. The summed E-state index contributed by atoms with van der Waals surface area (Å²) in [5.74, 6) is -0.346. The van der Waals surface area contributed by atoms with Gasteiger partial charge in [-0.1, -0.05) is 65.7 Å². The molecule has 0 radical (unpaired) electrons. The van der Waals surface area contributed by atoms with Gasteiger partial charge in [-0.3, -0.25) is 24.1 Å². The second-order valence-corrected chi connectivity index (χ2v) is 13.4. The van der Waals surface area contributed by atoms with Crippen LogP contribution in [0.15, 0.2) is 77.9 Å². The number of carboxylic acid groups (broad SMARTS) is 1. The van der Waals surface area contributed by atoms with E-state index in [1.165, 1.54) is 10.6 Å². The quantitative estimate of drug-likeness (QED) is 0.132. The molecule has 0 unspecified atom stereocenters. The highest BCUT2D eigenvalue weighted by Gasteiger charge is 2.49. The van der Waals surface area contributed by atoms with Crippen molar-refractivity contribution in [1.82, 2.24) is 30.3 Å². The molecule has 3 aromatic heterocycles. The van der Waals surface area contributed by atoms with Crippen LogP contribution in [0.25, 0.3) is 39.2 Å². The molecular weight excluding hydrogens is 679 g/mol. The van der Waals surface area contributed by atoms with E-state index in [4.69, 9.17) is 32.9 Å². The summed E-state index contributed by atoms with van der Waals surface area (Å²) in [5, 5.41) is 19.7. The van der Waals surface area contributed by atoms with Crippen LogP contribution in [0.5, 0.6) is 5.88 Å². The molecule has 11 nitrogen and oxygen atoms in total. The lowest BCUT2D eigenvalue weighted by Crippen LogP contribution is -2.40. The maximum absolute atomic E-state index is 13.2. The van der Waals surface area contributed by atoms with E-state index in [0.29, 0.717) is 70.7 Å². The van der Waals surface area contributed by atoms with Gasteiger partial charge in [0.2, 0.25) is 11.8 Å². The predicted molar refractivity (Wildman–Crippen MR) is 191 cm³/mol. The molecule has 1 aliphatic heterocycles. The molecule has 1 atom stereocenters. The zero-order valence-corrected chi connectivity index (χ0v) is 28.6. The maximum atomic E-state index is 13.2. The van der Waals surface area contributed by atoms with E-state index in [1.54, 1.807) is 25.4 Å². The molecule has 2 fully saturated rings. The molecule has 5 aromatic rings. The summed E-state index contributed by atoms with van der Waals surface area (Å²) in [6.07, 6.45) is 5.58. The Kier molecular flexibility index (Phi) is 9.32. The molecule has 1 saturated heterocycles. The normalized spacial score (nSPS) is 16.4. The maximum Gasteiger partial charge on any atom is 0.323 e. The van der Waals surface area contributed by atoms with Gasteiger partial charge in [0.25, 0.3) is 5.56 Å². The molecule has 1 saturated carbocycles. The minimum Gasteiger partial charge on any atom is -0.481 e. The lowest BCUT2D eigenvalue weighted by Gasteiger charge is -2.16. The number of fused-ring (bicyclic) bond motifs is 1. The summed E-state index contributed by atoms with van der Waals surface area (Å²) in [5.41, 5.74) is 4.77. The van der Waals surface area contributed by atoms with Crippen molar-refractivity contribution >= 4 is 40.7 Å². The Morgan fingerprint density at radius 3 is 2.40 bits per heavy atom. The van der Waals surface area contributed by atoms with E-state index >= 15 is 0 Å². The van der Waals surface area contributed by atoms with Gasteiger partial charge in [0.15, 0.2) is 0 Å². The Bertz CT molecular complexity index is 2200. The summed E-state index contributed by atoms with van der Waals surface area (Å²) >= 11 is 14.1. The van der Waals surface area contributed by atoms with Gasteiger partial charge in [-0.15, -0.1) is 0 Å². The number of methoxy groups -OCH3 is 1. The molecule has 1 aliphatic carbocycles. The highest BCUT2D eigenvalue weighted by molar-refractivity contribution is 6.39. The van der Waals surface area contributed by atoms with Crippen LogP contribution < -0.4 is 26.2 Å². The zero-order chi connectivity index (χ0) is 35.0. The molecule has 0 bridgehead atoms. The SMILES string of the molecule is COc1nc(-c2cccc(-c3cccc(-c4ccn5c(=O)c(CNC6(C(=O)O)CC6)cnc5c4)c3Cl)c2Cl)ccc1CNC[C@H]1CCC(=O)N1. The molecule has 50 heavy (non-hydrogen) atoms. The van der Waals surface area contributed by atoms with Crippen LogP contribution in [0.3, 0.4) is 0 Å². The van der Waals surface area contributed by atoms with Gasteiger partial charge in [-0.2, -0.15) is 0 Å². The van der Waals surface area contributed by atoms with E-state index in [0.717, 1.165) is 34.2 Å². The van der Waals surface area contributed by atoms with Crippen LogP contribution in [-0.4, -0.2) is 56.6 Å². The van der Waals surface area contributed by atoms with Gasteiger partial charge in [-0.25, -0.2) is 9.97 Å². The summed E-state index contributed by atoms with van der Waals surface area (Å²) < 4.78 is 7.07. The zero-order valence-electron chi connectivity index (χ0n) is 27.1.